The molecule has 0 bridgehead atoms. The third-order valence-electron chi connectivity index (χ3n) is 2.52. The number of aliphatic carboxylic acids is 1. The van der Waals surface area contributed by atoms with E-state index in [1.807, 2.05) is 30.3 Å². The molecule has 0 saturated heterocycles. The smallest absolute Gasteiger partial charge is 0.329 e. The van der Waals surface area contributed by atoms with Crippen molar-refractivity contribution in [2.45, 2.75) is 18.6 Å². The summed E-state index contributed by atoms with van der Waals surface area (Å²) < 4.78 is 0. The summed E-state index contributed by atoms with van der Waals surface area (Å²) in [5.41, 5.74) is 1.25. The monoisotopic (exact) mass is 249 g/mol. The van der Waals surface area contributed by atoms with Crippen LogP contribution in [0.4, 0.5) is 0 Å². The van der Waals surface area contributed by atoms with Crippen LogP contribution < -0.4 is 5.32 Å². The Balaban J connectivity index is 2.70. The van der Waals surface area contributed by atoms with Gasteiger partial charge in [-0.15, -0.1) is 0 Å². The number of hydrogen-bond acceptors (Lipinski definition) is 3. The molecule has 0 saturated carbocycles. The zero-order valence-corrected chi connectivity index (χ0v) is 9.74. The van der Waals surface area contributed by atoms with Crippen molar-refractivity contribution in [2.24, 2.45) is 0 Å². The Hall–Kier alpha value is -2.14. The third-order valence-corrected chi connectivity index (χ3v) is 2.52. The van der Waals surface area contributed by atoms with Crippen molar-refractivity contribution in [3.8, 4) is 0 Å². The topological polar surface area (TPSA) is 86.6 Å². The van der Waals surface area contributed by atoms with E-state index in [4.69, 9.17) is 5.11 Å². The molecule has 5 heteroatoms. The predicted octanol–water partition coefficient (Wildman–Crippen LogP) is 0.345. The van der Waals surface area contributed by atoms with Gasteiger partial charge in [0, 0.05) is 0 Å². The summed E-state index contributed by atoms with van der Waals surface area (Å²) >= 11 is 0. The molecule has 3 N–H and O–H groups in total. The minimum Gasteiger partial charge on any atom is -0.480 e. The minimum atomic E-state index is -1.38. The van der Waals surface area contributed by atoms with Crippen molar-refractivity contribution in [1.82, 2.24) is 5.32 Å². The van der Waals surface area contributed by atoms with E-state index in [1.165, 1.54) is 0 Å². The van der Waals surface area contributed by atoms with Crippen molar-refractivity contribution < 1.29 is 19.8 Å². The van der Waals surface area contributed by atoms with Crippen LogP contribution in [0.3, 0.4) is 0 Å². The fraction of sp³-hybridized carbons (Fsp3) is 0.231. The molecule has 96 valence electrons. The Morgan fingerprint density at radius 3 is 2.50 bits per heavy atom. The molecule has 0 aromatic heterocycles. The highest BCUT2D eigenvalue weighted by Gasteiger charge is 2.27. The van der Waals surface area contributed by atoms with Gasteiger partial charge in [-0.1, -0.05) is 36.9 Å². The first-order valence-corrected chi connectivity index (χ1v) is 5.38. The normalized spacial score (nSPS) is 13.4. The van der Waals surface area contributed by atoms with E-state index in [9.17, 15) is 14.7 Å². The lowest BCUT2D eigenvalue weighted by Gasteiger charge is -2.20. The summed E-state index contributed by atoms with van der Waals surface area (Å²) in [6.45, 7) is 3.67. The zero-order chi connectivity index (χ0) is 13.5. The van der Waals surface area contributed by atoms with Crippen molar-refractivity contribution in [3.63, 3.8) is 0 Å². The van der Waals surface area contributed by atoms with E-state index < -0.39 is 18.1 Å². The van der Waals surface area contributed by atoms with Crippen LogP contribution in [0.2, 0.25) is 0 Å². The van der Waals surface area contributed by atoms with Gasteiger partial charge in [-0.05, 0) is 17.6 Å². The molecule has 2 unspecified atom stereocenters. The van der Waals surface area contributed by atoms with Crippen molar-refractivity contribution in [2.75, 3.05) is 0 Å². The Kier molecular flexibility index (Phi) is 5.07. The number of rotatable bonds is 7. The summed E-state index contributed by atoms with van der Waals surface area (Å²) in [5.74, 6) is -1.30. The summed E-state index contributed by atoms with van der Waals surface area (Å²) in [6.07, 6.45) is -0.725. The van der Waals surface area contributed by atoms with Crippen molar-refractivity contribution in [1.29, 1.82) is 0 Å². The molecule has 0 aliphatic heterocycles. The molecule has 0 aliphatic rings. The lowest BCUT2D eigenvalue weighted by Crippen LogP contribution is -2.46. The van der Waals surface area contributed by atoms with Gasteiger partial charge in [-0.25, -0.2) is 4.79 Å². The fourth-order valence-corrected chi connectivity index (χ4v) is 1.57. The number of aliphatic hydroxyl groups excluding tert-OH is 1. The fourth-order valence-electron chi connectivity index (χ4n) is 1.57. The first kappa shape index (κ1) is 13.9. The average Bonchev–Trinajstić information content (AvgIpc) is 2.36. The van der Waals surface area contributed by atoms with Gasteiger partial charge >= 0.3 is 5.97 Å². The Labute approximate surface area is 105 Å². The van der Waals surface area contributed by atoms with E-state index in [0.717, 1.165) is 5.56 Å². The van der Waals surface area contributed by atoms with Gasteiger partial charge in [-0.2, -0.15) is 0 Å². The van der Waals surface area contributed by atoms with Gasteiger partial charge in [0.25, 0.3) is 0 Å². The SMILES string of the molecule is C=C(Cc1ccccc1)C(O)C(NC=O)C(=O)O. The second-order valence-electron chi connectivity index (χ2n) is 3.87. The van der Waals surface area contributed by atoms with Gasteiger partial charge in [0.05, 0.1) is 0 Å². The van der Waals surface area contributed by atoms with Crippen LogP contribution in [0.15, 0.2) is 42.5 Å². The molecular formula is C13H15NO4. The Morgan fingerprint density at radius 2 is 2.00 bits per heavy atom. The highest BCUT2D eigenvalue weighted by molar-refractivity contribution is 5.77. The minimum absolute atomic E-state index is 0.248. The first-order chi connectivity index (χ1) is 8.56. The maximum atomic E-state index is 10.9. The lowest BCUT2D eigenvalue weighted by molar-refractivity contribution is -0.143. The number of hydrogen-bond donors (Lipinski definition) is 3. The van der Waals surface area contributed by atoms with Crippen LogP contribution in [0.5, 0.6) is 0 Å². The maximum Gasteiger partial charge on any atom is 0.329 e. The first-order valence-electron chi connectivity index (χ1n) is 5.38. The van der Waals surface area contributed by atoms with Crippen LogP contribution in [0.25, 0.3) is 0 Å². The number of carboxylic acid groups (broad SMARTS) is 1. The van der Waals surface area contributed by atoms with E-state index in [1.54, 1.807) is 0 Å². The van der Waals surface area contributed by atoms with E-state index in [-0.39, 0.29) is 6.41 Å². The second-order valence-corrected chi connectivity index (χ2v) is 3.87. The molecule has 0 fully saturated rings. The lowest BCUT2D eigenvalue weighted by atomic mass is 9.97. The highest BCUT2D eigenvalue weighted by Crippen LogP contribution is 2.12. The number of carbonyl (C=O) groups is 2. The average molecular weight is 249 g/mol. The van der Waals surface area contributed by atoms with Gasteiger partial charge in [0.15, 0.2) is 6.04 Å². The molecule has 1 amide bonds. The molecule has 0 radical (unpaired) electrons. The van der Waals surface area contributed by atoms with Crippen LogP contribution >= 0.6 is 0 Å². The third kappa shape index (κ3) is 3.71. The summed E-state index contributed by atoms with van der Waals surface area (Å²) in [7, 11) is 0. The van der Waals surface area contributed by atoms with Crippen LogP contribution in [0, 0.1) is 0 Å². The van der Waals surface area contributed by atoms with E-state index >= 15 is 0 Å². The quantitative estimate of drug-likeness (QED) is 0.480. The zero-order valence-electron chi connectivity index (χ0n) is 9.74. The second kappa shape index (κ2) is 6.56. The number of benzene rings is 1. The molecule has 1 aromatic carbocycles. The Bertz CT molecular complexity index is 430. The maximum absolute atomic E-state index is 10.9. The molecule has 2 atom stereocenters. The molecule has 0 heterocycles. The number of carboxylic acids is 1. The molecule has 0 spiro atoms. The molecule has 18 heavy (non-hydrogen) atoms. The molecular weight excluding hydrogens is 234 g/mol. The summed E-state index contributed by atoms with van der Waals surface area (Å²) in [4.78, 5) is 21.2. The van der Waals surface area contributed by atoms with Gasteiger partial charge < -0.3 is 15.5 Å². The summed E-state index contributed by atoms with van der Waals surface area (Å²) in [5, 5.41) is 20.8. The molecule has 1 rings (SSSR count). The van der Waals surface area contributed by atoms with Crippen molar-refractivity contribution in [3.05, 3.63) is 48.0 Å². The van der Waals surface area contributed by atoms with Crippen molar-refractivity contribution >= 4 is 12.4 Å². The van der Waals surface area contributed by atoms with Crippen LogP contribution in [-0.2, 0) is 16.0 Å². The summed E-state index contributed by atoms with van der Waals surface area (Å²) in [6, 6.07) is 7.86. The van der Waals surface area contributed by atoms with Gasteiger partial charge in [-0.3, -0.25) is 4.79 Å². The highest BCUT2D eigenvalue weighted by atomic mass is 16.4. The Morgan fingerprint density at radius 1 is 1.39 bits per heavy atom. The number of nitrogens with one attached hydrogen (secondary N) is 1. The van der Waals surface area contributed by atoms with E-state index in [0.29, 0.717) is 12.0 Å². The van der Waals surface area contributed by atoms with Gasteiger partial charge in [0.2, 0.25) is 6.41 Å². The molecule has 5 nitrogen and oxygen atoms in total. The standard InChI is InChI=1S/C13H15NO4/c1-9(7-10-5-3-2-4-6-10)12(16)11(13(17)18)14-8-15/h2-6,8,11-12,16H,1,7H2,(H,14,15)(H,17,18). The van der Waals surface area contributed by atoms with Crippen LogP contribution in [0.1, 0.15) is 5.56 Å². The number of amides is 1. The van der Waals surface area contributed by atoms with Gasteiger partial charge in [0.1, 0.15) is 6.10 Å². The number of carbonyl (C=O) groups excluding carboxylic acids is 1. The van der Waals surface area contributed by atoms with E-state index in [2.05, 4.69) is 11.9 Å². The predicted molar refractivity (Wildman–Crippen MR) is 65.9 cm³/mol. The molecule has 0 aliphatic carbocycles. The molecule has 1 aromatic rings. The number of aliphatic hydroxyl groups is 1. The van der Waals surface area contributed by atoms with Crippen LogP contribution in [-0.4, -0.2) is 34.7 Å². The largest absolute Gasteiger partial charge is 0.480 e.